The molecule has 1 aliphatic heterocycles. The van der Waals surface area contributed by atoms with Gasteiger partial charge in [0.05, 0.1) is 12.7 Å². The highest BCUT2D eigenvalue weighted by molar-refractivity contribution is 8.52. The molecule has 1 unspecified atom stereocenters. The molecule has 0 radical (unpaired) electrons. The highest BCUT2D eigenvalue weighted by atomic mass is 32.7. The van der Waals surface area contributed by atoms with E-state index in [1.54, 1.807) is 11.4 Å². The minimum absolute atomic E-state index is 0.151. The smallest absolute Gasteiger partial charge is 0.239 e. The zero-order chi connectivity index (χ0) is 7.23. The molecule has 0 aromatic heterocycles. The van der Waals surface area contributed by atoms with E-state index in [9.17, 15) is 0 Å². The Morgan fingerprint density at radius 3 is 3.30 bits per heavy atom. The molecular formula is C5H8NO2PS. The molecule has 0 saturated carbocycles. The van der Waals surface area contributed by atoms with Gasteiger partial charge in [-0.15, -0.1) is 0 Å². The maximum atomic E-state index is 8.17. The SMILES string of the molecule is N#CCOP1OCCCS1. The standard InChI is InChI=1S/C5H8NO2PS/c6-2-4-8-9-7-3-1-5-10-9/h1,3-5H2. The van der Waals surface area contributed by atoms with Crippen LogP contribution in [0.4, 0.5) is 0 Å². The van der Waals surface area contributed by atoms with Gasteiger partial charge >= 0.3 is 0 Å². The predicted octanol–water partition coefficient (Wildman–Crippen LogP) is 1.91. The monoisotopic (exact) mass is 177 g/mol. The summed E-state index contributed by atoms with van der Waals surface area (Å²) >= 11 is 1.67. The number of nitrogens with zero attached hydrogens (tertiary/aromatic N) is 1. The maximum absolute atomic E-state index is 8.17. The molecule has 0 N–H and O–H groups in total. The van der Waals surface area contributed by atoms with Gasteiger partial charge < -0.3 is 9.05 Å². The zero-order valence-electron chi connectivity index (χ0n) is 5.45. The lowest BCUT2D eigenvalue weighted by atomic mass is 10.5. The first-order valence-corrected chi connectivity index (χ1v) is 5.76. The zero-order valence-corrected chi connectivity index (χ0v) is 7.16. The molecule has 0 aromatic carbocycles. The molecule has 0 spiro atoms. The van der Waals surface area contributed by atoms with Crippen LogP contribution in [0.3, 0.4) is 0 Å². The molecule has 56 valence electrons. The molecule has 0 aromatic rings. The number of rotatable bonds is 2. The van der Waals surface area contributed by atoms with Gasteiger partial charge in [0.25, 0.3) is 0 Å². The highest BCUT2D eigenvalue weighted by Gasteiger charge is 2.15. The van der Waals surface area contributed by atoms with Crippen molar-refractivity contribution in [3.63, 3.8) is 0 Å². The van der Waals surface area contributed by atoms with Crippen molar-refractivity contribution in [1.29, 1.82) is 5.26 Å². The summed E-state index contributed by atoms with van der Waals surface area (Å²) in [5, 5.41) is 8.17. The Kier molecular flexibility index (Phi) is 4.08. The second-order valence-corrected chi connectivity index (χ2v) is 4.97. The lowest BCUT2D eigenvalue weighted by molar-refractivity contribution is 0.279. The van der Waals surface area contributed by atoms with Crippen molar-refractivity contribution in [2.75, 3.05) is 19.0 Å². The van der Waals surface area contributed by atoms with Gasteiger partial charge in [-0.05, 0) is 6.42 Å². The first-order valence-electron chi connectivity index (χ1n) is 2.99. The molecule has 0 bridgehead atoms. The molecule has 1 aliphatic rings. The van der Waals surface area contributed by atoms with Gasteiger partial charge in [0, 0.05) is 5.75 Å². The van der Waals surface area contributed by atoms with Crippen LogP contribution < -0.4 is 0 Å². The summed E-state index contributed by atoms with van der Waals surface area (Å²) in [6.45, 7) is 0.933. The summed E-state index contributed by atoms with van der Waals surface area (Å²) in [5.74, 6) is 1.09. The van der Waals surface area contributed by atoms with Crippen LogP contribution in [0.1, 0.15) is 6.42 Å². The molecule has 1 heterocycles. The Bertz CT molecular complexity index is 132. The minimum Gasteiger partial charge on any atom is -0.326 e. The first-order chi connectivity index (χ1) is 4.93. The third kappa shape index (κ3) is 2.85. The molecule has 3 nitrogen and oxygen atoms in total. The van der Waals surface area contributed by atoms with Crippen molar-refractivity contribution in [3.8, 4) is 6.07 Å². The average molecular weight is 177 g/mol. The fourth-order valence-corrected chi connectivity index (χ4v) is 3.25. The fourth-order valence-electron chi connectivity index (χ4n) is 0.530. The van der Waals surface area contributed by atoms with Crippen LogP contribution in [0.5, 0.6) is 0 Å². The van der Waals surface area contributed by atoms with Crippen LogP contribution >= 0.6 is 19.0 Å². The van der Waals surface area contributed by atoms with E-state index >= 15 is 0 Å². The lowest BCUT2D eigenvalue weighted by Gasteiger charge is -2.18. The number of hydrogen-bond acceptors (Lipinski definition) is 4. The summed E-state index contributed by atoms with van der Waals surface area (Å²) in [4.78, 5) is 0. The Labute approximate surface area is 65.4 Å². The van der Waals surface area contributed by atoms with Gasteiger partial charge in [-0.2, -0.15) is 5.26 Å². The molecule has 1 saturated heterocycles. The Balaban J connectivity index is 2.09. The van der Waals surface area contributed by atoms with Gasteiger partial charge in [-0.3, -0.25) is 0 Å². The van der Waals surface area contributed by atoms with E-state index in [4.69, 9.17) is 14.3 Å². The van der Waals surface area contributed by atoms with Crippen molar-refractivity contribution in [2.24, 2.45) is 0 Å². The summed E-state index contributed by atoms with van der Waals surface area (Å²) in [6, 6.07) is 1.92. The van der Waals surface area contributed by atoms with Crippen molar-refractivity contribution in [2.45, 2.75) is 6.42 Å². The second-order valence-electron chi connectivity index (χ2n) is 1.68. The summed E-state index contributed by atoms with van der Waals surface area (Å²) in [6.07, 6.45) is 1.10. The van der Waals surface area contributed by atoms with E-state index in [0.29, 0.717) is 0 Å². The lowest BCUT2D eigenvalue weighted by Crippen LogP contribution is -1.99. The second kappa shape index (κ2) is 4.92. The minimum atomic E-state index is -0.783. The Morgan fingerprint density at radius 1 is 1.80 bits per heavy atom. The highest BCUT2D eigenvalue weighted by Crippen LogP contribution is 2.54. The van der Waals surface area contributed by atoms with E-state index in [0.717, 1.165) is 18.8 Å². The summed E-state index contributed by atoms with van der Waals surface area (Å²) < 4.78 is 10.3. The third-order valence-electron chi connectivity index (χ3n) is 0.917. The normalized spacial score (nSPS) is 25.7. The van der Waals surface area contributed by atoms with E-state index < -0.39 is 7.58 Å². The van der Waals surface area contributed by atoms with Gasteiger partial charge in [-0.1, -0.05) is 11.4 Å². The van der Waals surface area contributed by atoms with Crippen molar-refractivity contribution >= 4 is 19.0 Å². The molecule has 1 atom stereocenters. The molecule has 10 heavy (non-hydrogen) atoms. The Morgan fingerprint density at radius 2 is 2.70 bits per heavy atom. The summed E-state index contributed by atoms with van der Waals surface area (Å²) in [5.41, 5.74) is 0. The van der Waals surface area contributed by atoms with Gasteiger partial charge in [-0.25, -0.2) is 0 Å². The van der Waals surface area contributed by atoms with E-state index in [-0.39, 0.29) is 6.61 Å². The van der Waals surface area contributed by atoms with Crippen LogP contribution in [-0.4, -0.2) is 19.0 Å². The summed E-state index contributed by atoms with van der Waals surface area (Å²) in [7, 11) is -0.783. The van der Waals surface area contributed by atoms with Crippen molar-refractivity contribution in [1.82, 2.24) is 0 Å². The van der Waals surface area contributed by atoms with Crippen LogP contribution in [0.2, 0.25) is 0 Å². The molecule has 0 aliphatic carbocycles. The third-order valence-corrected chi connectivity index (χ3v) is 4.14. The van der Waals surface area contributed by atoms with E-state index in [1.165, 1.54) is 0 Å². The molecular weight excluding hydrogens is 169 g/mol. The fraction of sp³-hybridized carbons (Fsp3) is 0.800. The van der Waals surface area contributed by atoms with Gasteiger partial charge in [0.15, 0.2) is 0 Å². The topological polar surface area (TPSA) is 42.2 Å². The molecule has 0 amide bonds. The van der Waals surface area contributed by atoms with Crippen LogP contribution in [0.25, 0.3) is 0 Å². The van der Waals surface area contributed by atoms with Crippen LogP contribution in [0, 0.1) is 11.3 Å². The maximum Gasteiger partial charge on any atom is 0.239 e. The first kappa shape index (κ1) is 8.29. The number of hydrogen-bond donors (Lipinski definition) is 0. The van der Waals surface area contributed by atoms with E-state index in [2.05, 4.69) is 0 Å². The predicted molar refractivity (Wildman–Crippen MR) is 41.5 cm³/mol. The van der Waals surface area contributed by atoms with Gasteiger partial charge in [0.1, 0.15) is 6.61 Å². The average Bonchev–Trinajstić information content (AvgIpc) is 2.03. The van der Waals surface area contributed by atoms with Crippen molar-refractivity contribution in [3.05, 3.63) is 0 Å². The van der Waals surface area contributed by atoms with Gasteiger partial charge in [0.2, 0.25) is 7.58 Å². The molecule has 1 rings (SSSR count). The molecule has 1 fully saturated rings. The molecule has 5 heteroatoms. The van der Waals surface area contributed by atoms with Crippen LogP contribution in [-0.2, 0) is 9.05 Å². The quantitative estimate of drug-likeness (QED) is 0.604. The van der Waals surface area contributed by atoms with Crippen molar-refractivity contribution < 1.29 is 9.05 Å². The largest absolute Gasteiger partial charge is 0.326 e. The van der Waals surface area contributed by atoms with E-state index in [1.807, 2.05) is 6.07 Å². The van der Waals surface area contributed by atoms with Crippen LogP contribution in [0.15, 0.2) is 0 Å². The Hall–Kier alpha value is 0.190. The number of nitriles is 1.